The normalized spacial score (nSPS) is 18.4. The van der Waals surface area contributed by atoms with E-state index in [1.807, 2.05) is 19.9 Å². The van der Waals surface area contributed by atoms with Gasteiger partial charge in [0.1, 0.15) is 0 Å². The molecule has 6 nitrogen and oxygen atoms in total. The lowest BCUT2D eigenvalue weighted by Crippen LogP contribution is -2.38. The Morgan fingerprint density at radius 3 is 2.33 bits per heavy atom. The van der Waals surface area contributed by atoms with Gasteiger partial charge < -0.3 is 0 Å². The molecule has 0 atom stereocenters. The summed E-state index contributed by atoms with van der Waals surface area (Å²) in [6, 6.07) is 6.81. The standard InChI is InChI=1S/C16H26N2O4S2/c1-3-4-13-23(19,20)17-9-6-10-18(12-11-17)24(21,22)16-8-5-7-15(2)14-16/h5,7-8,14H,3-4,6,9-13H2,1-2H3. The summed E-state index contributed by atoms with van der Waals surface area (Å²) in [5, 5.41) is 0. The van der Waals surface area contributed by atoms with Crippen LogP contribution < -0.4 is 0 Å². The number of nitrogens with zero attached hydrogens (tertiary/aromatic N) is 2. The van der Waals surface area contributed by atoms with E-state index in [1.165, 1.54) is 8.61 Å². The first-order valence-electron chi connectivity index (χ1n) is 8.32. The van der Waals surface area contributed by atoms with Gasteiger partial charge >= 0.3 is 0 Å². The summed E-state index contributed by atoms with van der Waals surface area (Å²) in [6.45, 7) is 4.94. The summed E-state index contributed by atoms with van der Waals surface area (Å²) in [6.07, 6.45) is 1.96. The highest BCUT2D eigenvalue weighted by Crippen LogP contribution is 2.20. The van der Waals surface area contributed by atoms with Crippen molar-refractivity contribution < 1.29 is 16.8 Å². The maximum atomic E-state index is 12.8. The molecule has 2 rings (SSSR count). The molecule has 0 amide bonds. The maximum absolute atomic E-state index is 12.8. The predicted molar refractivity (Wildman–Crippen MR) is 94.8 cm³/mol. The molecule has 1 aliphatic heterocycles. The minimum absolute atomic E-state index is 0.133. The van der Waals surface area contributed by atoms with Crippen molar-refractivity contribution >= 4 is 20.0 Å². The van der Waals surface area contributed by atoms with Crippen molar-refractivity contribution in [1.29, 1.82) is 0 Å². The zero-order chi connectivity index (χ0) is 17.8. The number of sulfonamides is 2. The fourth-order valence-corrected chi connectivity index (χ4v) is 6.02. The SMILES string of the molecule is CCCCS(=O)(=O)N1CCCN(S(=O)(=O)c2cccc(C)c2)CC1. The maximum Gasteiger partial charge on any atom is 0.243 e. The molecule has 1 heterocycles. The molecule has 0 N–H and O–H groups in total. The van der Waals surface area contributed by atoms with Crippen molar-refractivity contribution in [2.75, 3.05) is 31.9 Å². The van der Waals surface area contributed by atoms with E-state index in [0.29, 0.717) is 25.9 Å². The van der Waals surface area contributed by atoms with E-state index in [9.17, 15) is 16.8 Å². The quantitative estimate of drug-likeness (QED) is 0.761. The van der Waals surface area contributed by atoms with E-state index in [2.05, 4.69) is 0 Å². The van der Waals surface area contributed by atoms with Crippen molar-refractivity contribution in [2.45, 2.75) is 38.0 Å². The fourth-order valence-electron chi connectivity index (χ4n) is 2.77. The van der Waals surface area contributed by atoms with Crippen LogP contribution in [-0.4, -0.2) is 57.4 Å². The second-order valence-corrected chi connectivity index (χ2v) is 10.2. The first-order valence-corrected chi connectivity index (χ1v) is 11.4. The Morgan fingerprint density at radius 2 is 1.67 bits per heavy atom. The number of hydrogen-bond donors (Lipinski definition) is 0. The molecule has 0 unspecified atom stereocenters. The zero-order valence-corrected chi connectivity index (χ0v) is 15.9. The van der Waals surface area contributed by atoms with Gasteiger partial charge in [0.25, 0.3) is 0 Å². The van der Waals surface area contributed by atoms with Crippen molar-refractivity contribution in [3.63, 3.8) is 0 Å². The molecule has 1 aromatic rings. The summed E-state index contributed by atoms with van der Waals surface area (Å²) in [5.74, 6) is 0.133. The van der Waals surface area contributed by atoms with Crippen LogP contribution >= 0.6 is 0 Å². The summed E-state index contributed by atoms with van der Waals surface area (Å²) in [4.78, 5) is 0.268. The highest BCUT2D eigenvalue weighted by Gasteiger charge is 2.30. The second kappa shape index (κ2) is 7.95. The van der Waals surface area contributed by atoms with Gasteiger partial charge in [-0.05, 0) is 37.5 Å². The molecule has 136 valence electrons. The van der Waals surface area contributed by atoms with Gasteiger partial charge in [-0.15, -0.1) is 0 Å². The molecule has 0 bridgehead atoms. The van der Waals surface area contributed by atoms with Crippen LogP contribution in [0, 0.1) is 6.92 Å². The second-order valence-electron chi connectivity index (χ2n) is 6.14. The van der Waals surface area contributed by atoms with Gasteiger partial charge in [-0.25, -0.2) is 21.1 Å². The van der Waals surface area contributed by atoms with E-state index < -0.39 is 20.0 Å². The number of hydrogen-bond acceptors (Lipinski definition) is 4. The largest absolute Gasteiger partial charge is 0.243 e. The van der Waals surface area contributed by atoms with Crippen LogP contribution in [0.5, 0.6) is 0 Å². The average molecular weight is 375 g/mol. The highest BCUT2D eigenvalue weighted by atomic mass is 32.2. The van der Waals surface area contributed by atoms with Gasteiger partial charge in [-0.3, -0.25) is 0 Å². The summed E-state index contributed by atoms with van der Waals surface area (Å²) in [7, 11) is -6.88. The van der Waals surface area contributed by atoms with Crippen LogP contribution in [0.25, 0.3) is 0 Å². The van der Waals surface area contributed by atoms with Crippen LogP contribution in [0.15, 0.2) is 29.2 Å². The number of rotatable bonds is 6. The summed E-state index contributed by atoms with van der Waals surface area (Å²) >= 11 is 0. The molecule has 1 fully saturated rings. The predicted octanol–water partition coefficient (Wildman–Crippen LogP) is 1.82. The molecule has 0 radical (unpaired) electrons. The van der Waals surface area contributed by atoms with Gasteiger partial charge in [0.15, 0.2) is 0 Å². The molecule has 8 heteroatoms. The van der Waals surface area contributed by atoms with Gasteiger partial charge in [-0.1, -0.05) is 25.5 Å². The van der Waals surface area contributed by atoms with E-state index in [4.69, 9.17) is 0 Å². The van der Waals surface area contributed by atoms with Crippen molar-refractivity contribution in [3.05, 3.63) is 29.8 Å². The highest BCUT2D eigenvalue weighted by molar-refractivity contribution is 7.89. The molecule has 0 aromatic heterocycles. The average Bonchev–Trinajstić information content (AvgIpc) is 2.80. The Morgan fingerprint density at radius 1 is 1.00 bits per heavy atom. The lowest BCUT2D eigenvalue weighted by Gasteiger charge is -2.21. The number of unbranched alkanes of at least 4 members (excludes halogenated alkanes) is 1. The lowest BCUT2D eigenvalue weighted by molar-refractivity contribution is 0.404. The monoisotopic (exact) mass is 374 g/mol. The molecule has 1 saturated heterocycles. The minimum Gasteiger partial charge on any atom is -0.212 e. The van der Waals surface area contributed by atoms with Crippen LogP contribution in [0.2, 0.25) is 0 Å². The molecule has 1 aromatic carbocycles. The van der Waals surface area contributed by atoms with Crippen LogP contribution in [-0.2, 0) is 20.0 Å². The molecular weight excluding hydrogens is 348 g/mol. The first-order chi connectivity index (χ1) is 11.3. The Labute approximate surface area is 145 Å². The molecule has 0 aliphatic carbocycles. The van der Waals surface area contributed by atoms with Gasteiger partial charge in [0.05, 0.1) is 10.6 Å². The molecular formula is C16H26N2O4S2. The molecule has 1 aliphatic rings. The fraction of sp³-hybridized carbons (Fsp3) is 0.625. The third-order valence-corrected chi connectivity index (χ3v) is 8.04. The Kier molecular flexibility index (Phi) is 6.41. The molecule has 0 spiro atoms. The van der Waals surface area contributed by atoms with Crippen molar-refractivity contribution in [3.8, 4) is 0 Å². The number of aryl methyl sites for hydroxylation is 1. The van der Waals surface area contributed by atoms with Gasteiger partial charge in [-0.2, -0.15) is 4.31 Å². The smallest absolute Gasteiger partial charge is 0.212 e. The zero-order valence-electron chi connectivity index (χ0n) is 14.3. The third kappa shape index (κ3) is 4.56. The van der Waals surface area contributed by atoms with Gasteiger partial charge in [0, 0.05) is 26.2 Å². The Balaban J connectivity index is 2.13. The van der Waals surface area contributed by atoms with Gasteiger partial charge in [0.2, 0.25) is 20.0 Å². The Bertz CT molecular complexity index is 760. The Hall–Kier alpha value is -0.960. The summed E-state index contributed by atoms with van der Waals surface area (Å²) < 4.78 is 53.0. The van der Waals surface area contributed by atoms with Crippen molar-refractivity contribution in [2.24, 2.45) is 0 Å². The number of benzene rings is 1. The van der Waals surface area contributed by atoms with E-state index in [0.717, 1.165) is 12.0 Å². The topological polar surface area (TPSA) is 74.8 Å². The minimum atomic E-state index is -3.58. The molecule has 24 heavy (non-hydrogen) atoms. The summed E-state index contributed by atoms with van der Waals surface area (Å²) in [5.41, 5.74) is 0.884. The lowest BCUT2D eigenvalue weighted by atomic mass is 10.2. The third-order valence-electron chi connectivity index (χ3n) is 4.19. The molecule has 0 saturated carbocycles. The van der Waals surface area contributed by atoms with Crippen LogP contribution in [0.4, 0.5) is 0 Å². The van der Waals surface area contributed by atoms with Crippen molar-refractivity contribution in [1.82, 2.24) is 8.61 Å². The van der Waals surface area contributed by atoms with Crippen LogP contribution in [0.1, 0.15) is 31.7 Å². The van der Waals surface area contributed by atoms with E-state index in [1.54, 1.807) is 18.2 Å². The first kappa shape index (κ1) is 19.4. The van der Waals surface area contributed by atoms with Crippen LogP contribution in [0.3, 0.4) is 0 Å². The van der Waals surface area contributed by atoms with E-state index in [-0.39, 0.29) is 23.7 Å². The van der Waals surface area contributed by atoms with E-state index >= 15 is 0 Å².